The molecule has 0 saturated carbocycles. The third-order valence-electron chi connectivity index (χ3n) is 1.77. The van der Waals surface area contributed by atoms with Gasteiger partial charge < -0.3 is 4.74 Å². The summed E-state index contributed by atoms with van der Waals surface area (Å²) >= 11 is 0. The molecule has 1 rings (SSSR count). The van der Waals surface area contributed by atoms with Crippen molar-refractivity contribution in [2.75, 3.05) is 0 Å². The van der Waals surface area contributed by atoms with Crippen molar-refractivity contribution in [3.05, 3.63) is 45.5 Å². The van der Waals surface area contributed by atoms with E-state index in [9.17, 15) is 19.7 Å². The van der Waals surface area contributed by atoms with Crippen molar-refractivity contribution in [1.82, 2.24) is 0 Å². The van der Waals surface area contributed by atoms with Gasteiger partial charge in [-0.05, 0) is 6.07 Å². The van der Waals surface area contributed by atoms with E-state index < -0.39 is 23.4 Å². The lowest BCUT2D eigenvalue weighted by molar-refractivity contribution is -0.496. The van der Waals surface area contributed by atoms with E-state index in [-0.39, 0.29) is 11.1 Å². The lowest BCUT2D eigenvalue weighted by Crippen LogP contribution is -2.13. The number of hydrogen-bond acceptors (Lipinski definition) is 5. The van der Waals surface area contributed by atoms with Gasteiger partial charge in [-0.25, -0.2) is 4.79 Å². The lowest BCUT2D eigenvalue weighted by Gasteiger charge is -2.03. The van der Waals surface area contributed by atoms with Crippen LogP contribution in [0, 0.1) is 10.1 Å². The van der Waals surface area contributed by atoms with E-state index in [1.54, 1.807) is 12.1 Å². The first-order valence-electron chi connectivity index (χ1n) is 4.43. The highest BCUT2D eigenvalue weighted by atomic mass is 16.6. The average molecular weight is 223 g/mol. The summed E-state index contributed by atoms with van der Waals surface area (Å²) in [7, 11) is 0. The third kappa shape index (κ3) is 3.16. The summed E-state index contributed by atoms with van der Waals surface area (Å²) in [5, 5.41) is 10.4. The fourth-order valence-corrected chi connectivity index (χ4v) is 1.18. The van der Waals surface area contributed by atoms with Gasteiger partial charge in [0, 0.05) is 17.4 Å². The van der Waals surface area contributed by atoms with Gasteiger partial charge in [-0.15, -0.1) is 0 Å². The van der Waals surface area contributed by atoms with Gasteiger partial charge in [0.2, 0.25) is 6.54 Å². The minimum atomic E-state index is -0.870. The maximum atomic E-state index is 11.4. The molecule has 16 heavy (non-hydrogen) atoms. The lowest BCUT2D eigenvalue weighted by atomic mass is 10.1. The number of esters is 2. The zero-order chi connectivity index (χ0) is 12.1. The third-order valence-corrected chi connectivity index (χ3v) is 1.77. The van der Waals surface area contributed by atoms with Crippen molar-refractivity contribution in [2.45, 2.75) is 13.5 Å². The van der Waals surface area contributed by atoms with Crippen molar-refractivity contribution in [2.24, 2.45) is 0 Å². The molecule has 0 bridgehead atoms. The van der Waals surface area contributed by atoms with Crippen LogP contribution in [0.3, 0.4) is 0 Å². The Morgan fingerprint density at radius 3 is 2.56 bits per heavy atom. The Kier molecular flexibility index (Phi) is 3.71. The monoisotopic (exact) mass is 223 g/mol. The number of benzene rings is 1. The summed E-state index contributed by atoms with van der Waals surface area (Å²) < 4.78 is 4.36. The Balaban J connectivity index is 2.98. The molecule has 0 aromatic heterocycles. The largest absolute Gasteiger partial charge is 0.390 e. The van der Waals surface area contributed by atoms with Crippen LogP contribution in [-0.4, -0.2) is 16.9 Å². The van der Waals surface area contributed by atoms with Crippen molar-refractivity contribution in [3.63, 3.8) is 0 Å². The minimum absolute atomic E-state index is 0.0365. The summed E-state index contributed by atoms with van der Waals surface area (Å²) in [5.41, 5.74) is 0.258. The molecule has 0 radical (unpaired) electrons. The van der Waals surface area contributed by atoms with E-state index in [0.29, 0.717) is 0 Å². The number of nitro groups is 1. The predicted molar refractivity (Wildman–Crippen MR) is 53.2 cm³/mol. The molecule has 0 N–H and O–H groups in total. The summed E-state index contributed by atoms with van der Waals surface area (Å²) in [6.07, 6.45) is 0. The van der Waals surface area contributed by atoms with Crippen molar-refractivity contribution in [1.29, 1.82) is 0 Å². The number of ether oxygens (including phenoxy) is 1. The smallest absolute Gasteiger partial charge is 0.346 e. The second-order valence-corrected chi connectivity index (χ2v) is 3.03. The van der Waals surface area contributed by atoms with Gasteiger partial charge in [-0.3, -0.25) is 14.9 Å². The van der Waals surface area contributed by atoms with E-state index in [1.165, 1.54) is 12.1 Å². The molecule has 0 aliphatic carbocycles. The number of nitrogens with zero attached hydrogens (tertiary/aromatic N) is 1. The molecule has 1 aromatic rings. The van der Waals surface area contributed by atoms with Gasteiger partial charge in [0.05, 0.1) is 5.56 Å². The fourth-order valence-electron chi connectivity index (χ4n) is 1.18. The highest BCUT2D eigenvalue weighted by Crippen LogP contribution is 2.11. The number of hydrogen-bond donors (Lipinski definition) is 0. The zero-order valence-corrected chi connectivity index (χ0v) is 8.50. The summed E-state index contributed by atoms with van der Waals surface area (Å²) in [4.78, 5) is 31.8. The molecule has 0 fully saturated rings. The molecule has 1 aromatic carbocycles. The number of rotatable bonds is 3. The second kappa shape index (κ2) is 5.01. The molecule has 0 amide bonds. The van der Waals surface area contributed by atoms with Crippen LogP contribution in [0.15, 0.2) is 24.3 Å². The number of carbonyl (C=O) groups is 2. The highest BCUT2D eigenvalue weighted by Gasteiger charge is 2.16. The molecular weight excluding hydrogens is 214 g/mol. The van der Waals surface area contributed by atoms with E-state index in [2.05, 4.69) is 4.74 Å². The molecule has 0 aliphatic heterocycles. The zero-order valence-electron chi connectivity index (χ0n) is 8.50. The normalized spacial score (nSPS) is 9.56. The van der Waals surface area contributed by atoms with Crippen LogP contribution < -0.4 is 0 Å². The van der Waals surface area contributed by atoms with Crippen LogP contribution in [0.1, 0.15) is 22.8 Å². The topological polar surface area (TPSA) is 86.5 Å². The molecular formula is C10H9NO5. The SMILES string of the molecule is CC(=O)OC(=O)c1ccccc1C[N+](=O)[O-]. The van der Waals surface area contributed by atoms with E-state index in [0.717, 1.165) is 6.92 Å². The van der Waals surface area contributed by atoms with Crippen LogP contribution in [0.25, 0.3) is 0 Å². The van der Waals surface area contributed by atoms with Gasteiger partial charge in [-0.2, -0.15) is 0 Å². The Labute approximate surface area is 91.0 Å². The van der Waals surface area contributed by atoms with Gasteiger partial charge in [-0.1, -0.05) is 18.2 Å². The summed E-state index contributed by atoms with van der Waals surface area (Å²) in [6, 6.07) is 5.94. The van der Waals surface area contributed by atoms with Crippen LogP contribution in [0.2, 0.25) is 0 Å². The van der Waals surface area contributed by atoms with Gasteiger partial charge in [0.1, 0.15) is 0 Å². The molecule has 0 aliphatic rings. The maximum absolute atomic E-state index is 11.4. The van der Waals surface area contributed by atoms with Crippen LogP contribution in [0.4, 0.5) is 0 Å². The first kappa shape index (κ1) is 11.8. The van der Waals surface area contributed by atoms with Gasteiger partial charge in [0.25, 0.3) is 0 Å². The molecule has 0 unspecified atom stereocenters. The van der Waals surface area contributed by atoms with Crippen LogP contribution in [0.5, 0.6) is 0 Å². The fraction of sp³-hybridized carbons (Fsp3) is 0.200. The summed E-state index contributed by atoms with van der Waals surface area (Å²) in [6.45, 7) is 0.608. The van der Waals surface area contributed by atoms with E-state index in [4.69, 9.17) is 0 Å². The Morgan fingerprint density at radius 2 is 2.00 bits per heavy atom. The summed E-state index contributed by atoms with van der Waals surface area (Å²) in [5.74, 6) is -1.62. The Hall–Kier alpha value is -2.24. The Morgan fingerprint density at radius 1 is 1.38 bits per heavy atom. The minimum Gasteiger partial charge on any atom is -0.390 e. The molecule has 0 atom stereocenters. The molecule has 84 valence electrons. The van der Waals surface area contributed by atoms with Crippen molar-refractivity contribution in [3.8, 4) is 0 Å². The second-order valence-electron chi connectivity index (χ2n) is 3.03. The molecule has 0 heterocycles. The van der Waals surface area contributed by atoms with Crippen LogP contribution >= 0.6 is 0 Å². The van der Waals surface area contributed by atoms with Crippen LogP contribution in [-0.2, 0) is 16.1 Å². The predicted octanol–water partition coefficient (Wildman–Crippen LogP) is 1.17. The van der Waals surface area contributed by atoms with Gasteiger partial charge in [0.15, 0.2) is 0 Å². The highest BCUT2D eigenvalue weighted by molar-refractivity contribution is 5.97. The van der Waals surface area contributed by atoms with Crippen molar-refractivity contribution >= 4 is 11.9 Å². The standard InChI is InChI=1S/C10H9NO5/c1-7(12)16-10(13)9-5-3-2-4-8(9)6-11(14)15/h2-5H,6H2,1H3. The molecule has 6 heteroatoms. The van der Waals surface area contributed by atoms with E-state index in [1.807, 2.05) is 0 Å². The number of carbonyl (C=O) groups excluding carboxylic acids is 2. The molecule has 0 spiro atoms. The molecule has 6 nitrogen and oxygen atoms in total. The van der Waals surface area contributed by atoms with E-state index >= 15 is 0 Å². The molecule has 0 saturated heterocycles. The quantitative estimate of drug-likeness (QED) is 0.332. The van der Waals surface area contributed by atoms with Crippen molar-refractivity contribution < 1.29 is 19.2 Å². The maximum Gasteiger partial charge on any atom is 0.346 e. The Bertz CT molecular complexity index is 441. The van der Waals surface area contributed by atoms with Gasteiger partial charge >= 0.3 is 11.9 Å². The first-order valence-corrected chi connectivity index (χ1v) is 4.43. The average Bonchev–Trinajstić information content (AvgIpc) is 2.16. The first-order chi connectivity index (χ1) is 7.50.